The highest BCUT2D eigenvalue weighted by Gasteiger charge is 2.34. The molecule has 1 aromatic carbocycles. The van der Waals surface area contributed by atoms with E-state index in [9.17, 15) is 8.78 Å². The minimum absolute atomic E-state index is 0.204. The Labute approximate surface area is 173 Å². The zero-order chi connectivity index (χ0) is 20.8. The first-order valence-corrected chi connectivity index (χ1v) is 10.8. The van der Waals surface area contributed by atoms with Crippen molar-refractivity contribution in [2.24, 2.45) is 16.1 Å². The second kappa shape index (κ2) is 10.4. The summed E-state index contributed by atoms with van der Waals surface area (Å²) in [7, 11) is 0. The first-order chi connectivity index (χ1) is 14.0. The fourth-order valence-corrected chi connectivity index (χ4v) is 4.41. The van der Waals surface area contributed by atoms with Crippen LogP contribution < -0.4 is 0 Å². The number of hydrogen-bond acceptors (Lipinski definition) is 4. The molecule has 0 aliphatic carbocycles. The SMILES string of the molecule is C=N/N=C(\CCC(F)F)c1ccc(CC2CCN(C3CN(C(C)C)C3)CC2)cc1. The Morgan fingerprint density at radius 3 is 2.34 bits per heavy atom. The Morgan fingerprint density at radius 2 is 1.79 bits per heavy atom. The predicted molar refractivity (Wildman–Crippen MR) is 116 cm³/mol. The van der Waals surface area contributed by atoms with Crippen LogP contribution in [0.4, 0.5) is 8.78 Å². The quantitative estimate of drug-likeness (QED) is 0.449. The van der Waals surface area contributed by atoms with E-state index in [-0.39, 0.29) is 12.8 Å². The fraction of sp³-hybridized carbons (Fsp3) is 0.652. The van der Waals surface area contributed by atoms with Crippen LogP contribution in [-0.4, -0.2) is 66.9 Å². The summed E-state index contributed by atoms with van der Waals surface area (Å²) in [4.78, 5) is 5.21. The van der Waals surface area contributed by atoms with Crippen LogP contribution in [0.1, 0.15) is 50.7 Å². The van der Waals surface area contributed by atoms with E-state index in [1.54, 1.807) is 0 Å². The van der Waals surface area contributed by atoms with E-state index in [1.165, 1.54) is 44.6 Å². The molecule has 0 N–H and O–H groups in total. The van der Waals surface area contributed by atoms with Gasteiger partial charge in [0, 0.05) is 38.3 Å². The molecule has 2 saturated heterocycles. The van der Waals surface area contributed by atoms with Crippen molar-refractivity contribution in [3.8, 4) is 0 Å². The highest BCUT2D eigenvalue weighted by Crippen LogP contribution is 2.26. The minimum atomic E-state index is -2.33. The number of likely N-dealkylation sites (tertiary alicyclic amines) is 2. The summed E-state index contributed by atoms with van der Waals surface area (Å²) in [5.41, 5.74) is 2.74. The molecule has 4 nitrogen and oxygen atoms in total. The van der Waals surface area contributed by atoms with E-state index in [4.69, 9.17) is 0 Å². The molecule has 0 aromatic heterocycles. The number of benzene rings is 1. The Balaban J connectivity index is 1.47. The number of piperidine rings is 1. The van der Waals surface area contributed by atoms with E-state index < -0.39 is 6.43 Å². The molecular formula is C23H34F2N4. The molecule has 0 radical (unpaired) electrons. The molecule has 29 heavy (non-hydrogen) atoms. The van der Waals surface area contributed by atoms with Crippen molar-refractivity contribution < 1.29 is 8.78 Å². The number of nitrogens with zero attached hydrogens (tertiary/aromatic N) is 4. The highest BCUT2D eigenvalue weighted by molar-refractivity contribution is 6.00. The van der Waals surface area contributed by atoms with Crippen LogP contribution in [0.15, 0.2) is 34.5 Å². The van der Waals surface area contributed by atoms with Crippen molar-refractivity contribution in [1.29, 1.82) is 0 Å². The summed E-state index contributed by atoms with van der Waals surface area (Å²) in [6, 6.07) is 9.59. The molecule has 0 unspecified atom stereocenters. The van der Waals surface area contributed by atoms with Crippen molar-refractivity contribution in [1.82, 2.24) is 9.80 Å². The largest absolute Gasteiger partial charge is 0.298 e. The third kappa shape index (κ3) is 6.16. The summed E-state index contributed by atoms with van der Waals surface area (Å²) < 4.78 is 25.1. The number of rotatable bonds is 9. The Morgan fingerprint density at radius 1 is 1.14 bits per heavy atom. The second-order valence-corrected chi connectivity index (χ2v) is 8.70. The summed E-state index contributed by atoms with van der Waals surface area (Å²) in [6.07, 6.45) is 1.26. The molecule has 6 heteroatoms. The summed E-state index contributed by atoms with van der Waals surface area (Å²) in [5.74, 6) is 0.722. The van der Waals surface area contributed by atoms with Gasteiger partial charge in [0.1, 0.15) is 0 Å². The minimum Gasteiger partial charge on any atom is -0.298 e. The van der Waals surface area contributed by atoms with Crippen molar-refractivity contribution >= 4 is 12.4 Å². The first-order valence-electron chi connectivity index (χ1n) is 10.8. The van der Waals surface area contributed by atoms with Crippen LogP contribution in [0, 0.1) is 5.92 Å². The molecule has 1 aromatic rings. The molecule has 2 aliphatic rings. The monoisotopic (exact) mass is 404 g/mol. The second-order valence-electron chi connectivity index (χ2n) is 8.70. The number of alkyl halides is 2. The Hall–Kier alpha value is -1.66. The lowest BCUT2D eigenvalue weighted by atomic mass is 9.88. The molecule has 0 atom stereocenters. The van der Waals surface area contributed by atoms with Gasteiger partial charge in [-0.1, -0.05) is 24.3 Å². The molecule has 0 spiro atoms. The summed E-state index contributed by atoms with van der Waals surface area (Å²) in [6.45, 7) is 12.8. The molecular weight excluding hydrogens is 370 g/mol. The molecule has 3 rings (SSSR count). The van der Waals surface area contributed by atoms with Crippen LogP contribution in [0.25, 0.3) is 0 Å². The van der Waals surface area contributed by atoms with E-state index in [1.807, 2.05) is 12.1 Å². The van der Waals surface area contributed by atoms with Gasteiger partial charge in [-0.25, -0.2) is 8.78 Å². The normalized spacial score (nSPS) is 20.4. The van der Waals surface area contributed by atoms with Gasteiger partial charge in [-0.05, 0) is 69.7 Å². The van der Waals surface area contributed by atoms with Crippen LogP contribution in [0.2, 0.25) is 0 Å². The average Bonchev–Trinajstić information content (AvgIpc) is 2.65. The first kappa shape index (κ1) is 22.0. The maximum Gasteiger partial charge on any atom is 0.239 e. The molecule has 2 aliphatic heterocycles. The molecule has 2 heterocycles. The van der Waals surface area contributed by atoms with E-state index in [0.29, 0.717) is 11.8 Å². The fourth-order valence-electron chi connectivity index (χ4n) is 4.41. The molecule has 0 saturated carbocycles. The Kier molecular flexibility index (Phi) is 7.90. The highest BCUT2D eigenvalue weighted by atomic mass is 19.3. The van der Waals surface area contributed by atoms with Crippen molar-refractivity contribution in [2.45, 2.75) is 64.5 Å². The summed E-state index contributed by atoms with van der Waals surface area (Å²) >= 11 is 0. The van der Waals surface area contributed by atoms with Gasteiger partial charge in [0.15, 0.2) is 0 Å². The standard InChI is InChI=1S/C23H34F2N4/c1-17(2)29-15-21(16-29)28-12-10-19(11-13-28)14-18-4-6-20(7-5-18)22(27-26-3)8-9-23(24)25/h4-7,17,19,21,23H,3,8-16H2,1-2H3/b27-22+. The third-order valence-corrected chi connectivity index (χ3v) is 6.39. The third-order valence-electron chi connectivity index (χ3n) is 6.39. The van der Waals surface area contributed by atoms with Crippen molar-refractivity contribution in [2.75, 3.05) is 26.2 Å². The van der Waals surface area contributed by atoms with Gasteiger partial charge in [-0.15, -0.1) is 0 Å². The zero-order valence-electron chi connectivity index (χ0n) is 17.7. The van der Waals surface area contributed by atoms with Crippen LogP contribution in [0.3, 0.4) is 0 Å². The van der Waals surface area contributed by atoms with E-state index >= 15 is 0 Å². The van der Waals surface area contributed by atoms with Gasteiger partial charge < -0.3 is 0 Å². The lowest BCUT2D eigenvalue weighted by Crippen LogP contribution is -2.62. The maximum atomic E-state index is 12.5. The average molecular weight is 405 g/mol. The topological polar surface area (TPSA) is 31.2 Å². The van der Waals surface area contributed by atoms with Gasteiger partial charge >= 0.3 is 0 Å². The maximum absolute atomic E-state index is 12.5. The van der Waals surface area contributed by atoms with E-state index in [0.717, 1.165) is 23.9 Å². The van der Waals surface area contributed by atoms with Gasteiger partial charge in [-0.3, -0.25) is 9.80 Å². The summed E-state index contributed by atoms with van der Waals surface area (Å²) in [5, 5.41) is 7.49. The van der Waals surface area contributed by atoms with Crippen molar-refractivity contribution in [3.05, 3.63) is 35.4 Å². The van der Waals surface area contributed by atoms with Crippen LogP contribution in [0.5, 0.6) is 0 Å². The lowest BCUT2D eigenvalue weighted by molar-refractivity contribution is -0.00193. The Bertz CT molecular complexity index is 673. The van der Waals surface area contributed by atoms with Gasteiger partial charge in [-0.2, -0.15) is 10.2 Å². The zero-order valence-corrected chi connectivity index (χ0v) is 17.7. The van der Waals surface area contributed by atoms with Gasteiger partial charge in [0.25, 0.3) is 0 Å². The molecule has 0 amide bonds. The van der Waals surface area contributed by atoms with Gasteiger partial charge in [0.05, 0.1) is 5.71 Å². The van der Waals surface area contributed by atoms with Crippen LogP contribution >= 0.6 is 0 Å². The predicted octanol–water partition coefficient (Wildman–Crippen LogP) is 4.48. The molecule has 2 fully saturated rings. The molecule has 160 valence electrons. The smallest absolute Gasteiger partial charge is 0.239 e. The van der Waals surface area contributed by atoms with Crippen molar-refractivity contribution in [3.63, 3.8) is 0 Å². The number of hydrogen-bond donors (Lipinski definition) is 0. The van der Waals surface area contributed by atoms with Crippen LogP contribution in [-0.2, 0) is 6.42 Å². The van der Waals surface area contributed by atoms with Gasteiger partial charge in [0.2, 0.25) is 6.43 Å². The number of halogens is 2. The molecule has 0 bridgehead atoms. The van der Waals surface area contributed by atoms with E-state index in [2.05, 4.69) is 52.7 Å². The lowest BCUT2D eigenvalue weighted by Gasteiger charge is -2.49.